The Bertz CT molecular complexity index is 152. The lowest BCUT2D eigenvalue weighted by Gasteiger charge is -2.16. The van der Waals surface area contributed by atoms with Crippen molar-refractivity contribution in [2.24, 2.45) is 5.92 Å². The highest BCUT2D eigenvalue weighted by Gasteiger charge is 2.06. The zero-order chi connectivity index (χ0) is 8.81. The van der Waals surface area contributed by atoms with Crippen molar-refractivity contribution in [3.63, 3.8) is 0 Å². The zero-order valence-electron chi connectivity index (χ0n) is 7.75. The van der Waals surface area contributed by atoms with Crippen molar-refractivity contribution in [1.29, 1.82) is 0 Å². The van der Waals surface area contributed by atoms with Crippen LogP contribution in [0.3, 0.4) is 0 Å². The largest absolute Gasteiger partial charge is 0.498 e. The van der Waals surface area contributed by atoms with E-state index >= 15 is 0 Å². The Morgan fingerprint density at radius 3 is 3.08 bits per heavy atom. The van der Waals surface area contributed by atoms with Crippen molar-refractivity contribution in [2.75, 3.05) is 13.2 Å². The van der Waals surface area contributed by atoms with E-state index in [0.717, 1.165) is 38.0 Å². The number of aliphatic hydroxyl groups excluding tert-OH is 1. The third-order valence-electron chi connectivity index (χ3n) is 2.20. The molecule has 0 aromatic carbocycles. The monoisotopic (exact) mass is 170 g/mol. The Morgan fingerprint density at radius 1 is 1.67 bits per heavy atom. The summed E-state index contributed by atoms with van der Waals surface area (Å²) in [5.41, 5.74) is 0. The smallest absolute Gasteiger partial charge is 0.0920 e. The van der Waals surface area contributed by atoms with Gasteiger partial charge in [0.25, 0.3) is 0 Å². The maximum atomic E-state index is 8.80. The highest BCUT2D eigenvalue weighted by molar-refractivity contribution is 4.95. The van der Waals surface area contributed by atoms with Crippen LogP contribution in [0.2, 0.25) is 0 Å². The molecule has 0 amide bonds. The minimum atomic E-state index is 0.285. The number of aliphatic hydroxyl groups is 1. The maximum Gasteiger partial charge on any atom is 0.0920 e. The van der Waals surface area contributed by atoms with Crippen LogP contribution >= 0.6 is 0 Å². The number of allylic oxidation sites excluding steroid dienone is 2. The first kappa shape index (κ1) is 9.59. The van der Waals surface area contributed by atoms with Crippen molar-refractivity contribution in [3.8, 4) is 0 Å². The summed E-state index contributed by atoms with van der Waals surface area (Å²) in [5, 5.41) is 8.80. The number of hydrogen-bond donors (Lipinski definition) is 1. The van der Waals surface area contributed by atoms with E-state index in [4.69, 9.17) is 9.84 Å². The fraction of sp³-hybridized carbons (Fsp3) is 0.800. The Labute approximate surface area is 74.2 Å². The van der Waals surface area contributed by atoms with Crippen LogP contribution in [0.5, 0.6) is 0 Å². The summed E-state index contributed by atoms with van der Waals surface area (Å²) >= 11 is 0. The molecule has 0 aromatic heterocycles. The van der Waals surface area contributed by atoms with E-state index in [1.54, 1.807) is 0 Å². The average molecular weight is 170 g/mol. The normalized spacial score (nSPS) is 19.7. The van der Waals surface area contributed by atoms with Crippen molar-refractivity contribution >= 4 is 0 Å². The van der Waals surface area contributed by atoms with Gasteiger partial charge in [-0.25, -0.2) is 0 Å². The topological polar surface area (TPSA) is 29.5 Å². The van der Waals surface area contributed by atoms with Crippen molar-refractivity contribution in [2.45, 2.75) is 32.6 Å². The molecule has 0 aromatic rings. The molecule has 1 aliphatic rings. The number of rotatable bonds is 4. The van der Waals surface area contributed by atoms with E-state index in [9.17, 15) is 0 Å². The van der Waals surface area contributed by atoms with Gasteiger partial charge in [-0.1, -0.05) is 6.92 Å². The van der Waals surface area contributed by atoms with Gasteiger partial charge in [-0.05, 0) is 31.3 Å². The van der Waals surface area contributed by atoms with Crippen LogP contribution in [0.4, 0.5) is 0 Å². The first-order valence-electron chi connectivity index (χ1n) is 4.75. The van der Waals surface area contributed by atoms with Gasteiger partial charge in [-0.15, -0.1) is 0 Å². The second-order valence-electron chi connectivity index (χ2n) is 3.49. The molecule has 0 aliphatic carbocycles. The minimum absolute atomic E-state index is 0.285. The molecule has 1 atom stereocenters. The summed E-state index contributed by atoms with van der Waals surface area (Å²) < 4.78 is 5.45. The van der Waals surface area contributed by atoms with Crippen molar-refractivity contribution in [3.05, 3.63) is 11.8 Å². The second-order valence-corrected chi connectivity index (χ2v) is 3.49. The highest BCUT2D eigenvalue weighted by atomic mass is 16.5. The van der Waals surface area contributed by atoms with E-state index in [1.165, 1.54) is 0 Å². The van der Waals surface area contributed by atoms with Gasteiger partial charge in [0.2, 0.25) is 0 Å². The Morgan fingerprint density at radius 2 is 2.50 bits per heavy atom. The summed E-state index contributed by atoms with van der Waals surface area (Å²) in [6, 6.07) is 0. The summed E-state index contributed by atoms with van der Waals surface area (Å²) in [4.78, 5) is 0. The maximum absolute atomic E-state index is 8.80. The van der Waals surface area contributed by atoms with Crippen LogP contribution in [0.1, 0.15) is 32.6 Å². The predicted molar refractivity (Wildman–Crippen MR) is 48.8 cm³/mol. The second kappa shape index (κ2) is 5.20. The van der Waals surface area contributed by atoms with Gasteiger partial charge in [0.15, 0.2) is 0 Å². The molecule has 0 saturated carbocycles. The van der Waals surface area contributed by atoms with Gasteiger partial charge in [0.05, 0.1) is 12.4 Å². The molecule has 0 spiro atoms. The van der Waals surface area contributed by atoms with E-state index in [1.807, 2.05) is 0 Å². The van der Waals surface area contributed by atoms with Gasteiger partial charge in [-0.3, -0.25) is 0 Å². The van der Waals surface area contributed by atoms with Gasteiger partial charge < -0.3 is 9.84 Å². The molecule has 2 heteroatoms. The predicted octanol–water partition coefficient (Wildman–Crippen LogP) is 2.09. The molecule has 12 heavy (non-hydrogen) atoms. The first-order chi connectivity index (χ1) is 5.83. The van der Waals surface area contributed by atoms with E-state index in [2.05, 4.69) is 13.0 Å². The van der Waals surface area contributed by atoms with Crippen LogP contribution in [0.15, 0.2) is 11.8 Å². The van der Waals surface area contributed by atoms with Gasteiger partial charge in [0, 0.05) is 13.0 Å². The molecule has 0 radical (unpaired) electrons. The highest BCUT2D eigenvalue weighted by Crippen LogP contribution is 2.17. The van der Waals surface area contributed by atoms with Crippen LogP contribution < -0.4 is 0 Å². The summed E-state index contributed by atoms with van der Waals surface area (Å²) in [5.74, 6) is 1.53. The zero-order valence-corrected chi connectivity index (χ0v) is 7.75. The summed E-state index contributed by atoms with van der Waals surface area (Å²) in [7, 11) is 0. The van der Waals surface area contributed by atoms with Crippen LogP contribution in [-0.2, 0) is 4.74 Å². The fourth-order valence-corrected chi connectivity index (χ4v) is 1.26. The lowest BCUT2D eigenvalue weighted by atomic mass is 10.0. The van der Waals surface area contributed by atoms with Gasteiger partial charge in [0.1, 0.15) is 0 Å². The SMILES string of the molecule is C[C@@H](CO)CCC1=CCCCO1. The van der Waals surface area contributed by atoms with Crippen molar-refractivity contribution in [1.82, 2.24) is 0 Å². The molecule has 0 fully saturated rings. The third kappa shape index (κ3) is 3.26. The van der Waals surface area contributed by atoms with E-state index < -0.39 is 0 Å². The van der Waals surface area contributed by atoms with Crippen LogP contribution in [0, 0.1) is 5.92 Å². The molecule has 70 valence electrons. The molecule has 1 aliphatic heterocycles. The number of hydrogen-bond acceptors (Lipinski definition) is 2. The lowest BCUT2D eigenvalue weighted by Crippen LogP contribution is -2.05. The van der Waals surface area contributed by atoms with E-state index in [0.29, 0.717) is 5.92 Å². The molecule has 2 nitrogen and oxygen atoms in total. The molecule has 0 saturated heterocycles. The van der Waals surface area contributed by atoms with Crippen molar-refractivity contribution < 1.29 is 9.84 Å². The Hall–Kier alpha value is -0.500. The van der Waals surface area contributed by atoms with Gasteiger partial charge >= 0.3 is 0 Å². The molecular weight excluding hydrogens is 152 g/mol. The molecule has 0 bridgehead atoms. The minimum Gasteiger partial charge on any atom is -0.498 e. The van der Waals surface area contributed by atoms with Gasteiger partial charge in [-0.2, -0.15) is 0 Å². The third-order valence-corrected chi connectivity index (χ3v) is 2.20. The molecule has 1 N–H and O–H groups in total. The first-order valence-corrected chi connectivity index (χ1v) is 4.75. The van der Waals surface area contributed by atoms with E-state index in [-0.39, 0.29) is 6.61 Å². The average Bonchev–Trinajstić information content (AvgIpc) is 2.16. The standard InChI is InChI=1S/C10H18O2/c1-9(8-11)5-6-10-4-2-3-7-12-10/h4,9,11H,2-3,5-8H2,1H3/t9-/m1/s1. The summed E-state index contributed by atoms with van der Waals surface area (Å²) in [6.07, 6.45) is 6.50. The Balaban J connectivity index is 2.17. The molecule has 0 unspecified atom stereocenters. The molecule has 1 heterocycles. The van der Waals surface area contributed by atoms with Crippen LogP contribution in [0.25, 0.3) is 0 Å². The molecular formula is C10H18O2. The fourth-order valence-electron chi connectivity index (χ4n) is 1.26. The lowest BCUT2D eigenvalue weighted by molar-refractivity contribution is 0.172. The summed E-state index contributed by atoms with van der Waals surface area (Å²) in [6.45, 7) is 3.22. The molecule has 1 rings (SSSR count). The quantitative estimate of drug-likeness (QED) is 0.700. The number of ether oxygens (including phenoxy) is 1. The van der Waals surface area contributed by atoms with Crippen LogP contribution in [-0.4, -0.2) is 18.3 Å². The Kier molecular flexibility index (Phi) is 4.15.